The molecule has 7 nitrogen and oxygen atoms in total. The lowest BCUT2D eigenvalue weighted by atomic mass is 10.2. The molecule has 144 valence electrons. The summed E-state index contributed by atoms with van der Waals surface area (Å²) in [6, 6.07) is 5.35. The fourth-order valence-electron chi connectivity index (χ4n) is 2.54. The van der Waals surface area contributed by atoms with Gasteiger partial charge in [0.25, 0.3) is 0 Å². The Hall–Kier alpha value is -2.88. The number of nitrogens with zero attached hydrogens (tertiary/aromatic N) is 1. The van der Waals surface area contributed by atoms with Crippen LogP contribution in [-0.2, 0) is 16.6 Å². The lowest BCUT2D eigenvalue weighted by molar-refractivity contribution is 0.294. The molecule has 0 bridgehead atoms. The molecule has 1 aromatic carbocycles. The quantitative estimate of drug-likeness (QED) is 0.568. The molecule has 0 aliphatic heterocycles. The van der Waals surface area contributed by atoms with Gasteiger partial charge in [-0.15, -0.1) is 0 Å². The highest BCUT2D eigenvalue weighted by Crippen LogP contribution is 2.28. The zero-order valence-corrected chi connectivity index (χ0v) is 15.2. The van der Waals surface area contributed by atoms with Gasteiger partial charge in [0.2, 0.25) is 10.0 Å². The summed E-state index contributed by atoms with van der Waals surface area (Å²) in [6.45, 7) is 1.20. The molecule has 0 unspecified atom stereocenters. The van der Waals surface area contributed by atoms with E-state index in [2.05, 4.69) is 14.7 Å². The van der Waals surface area contributed by atoms with Crippen LogP contribution in [0.1, 0.15) is 18.9 Å². The lowest BCUT2D eigenvalue weighted by Gasteiger charge is -2.13. The third-order valence-corrected chi connectivity index (χ3v) is 5.30. The Balaban J connectivity index is 1.85. The average Bonchev–Trinajstić information content (AvgIpc) is 3.04. The van der Waals surface area contributed by atoms with Gasteiger partial charge in [0.15, 0.2) is 17.4 Å². The Morgan fingerprint density at radius 1 is 1.30 bits per heavy atom. The van der Waals surface area contributed by atoms with Crippen LogP contribution in [0.3, 0.4) is 0 Å². The molecule has 3 rings (SSSR count). The number of nitrogens with one attached hydrogen (secondary N) is 2. The van der Waals surface area contributed by atoms with E-state index in [1.165, 1.54) is 0 Å². The molecule has 0 aliphatic rings. The molecule has 0 fully saturated rings. The standard InChI is InChI=1S/C17H18F2N4O3S/c1-2-7-27(24,25)23-13-4-3-12(18)11(15(13)19)9-26-14-8-10-5-6-21-17(10)22-16(14)20/h3-6,8,23H,2,7,9H2,1H3,(H3,20,21,22). The number of benzene rings is 1. The second-order valence-electron chi connectivity index (χ2n) is 5.88. The van der Waals surface area contributed by atoms with Gasteiger partial charge in [0, 0.05) is 11.6 Å². The Kier molecular flexibility index (Phi) is 5.17. The van der Waals surface area contributed by atoms with Crippen molar-refractivity contribution in [3.05, 3.63) is 47.7 Å². The number of H-pyrrole nitrogens is 1. The predicted octanol–water partition coefficient (Wildman–Crippen LogP) is 3.15. The summed E-state index contributed by atoms with van der Waals surface area (Å²) in [4.78, 5) is 6.98. The highest BCUT2D eigenvalue weighted by molar-refractivity contribution is 7.92. The fourth-order valence-corrected chi connectivity index (χ4v) is 3.67. The summed E-state index contributed by atoms with van der Waals surface area (Å²) in [5.41, 5.74) is 5.60. The number of sulfonamides is 1. The van der Waals surface area contributed by atoms with E-state index < -0.39 is 33.8 Å². The molecule has 0 aliphatic carbocycles. The largest absolute Gasteiger partial charge is 0.485 e. The smallest absolute Gasteiger partial charge is 0.232 e. The first-order valence-corrected chi connectivity index (χ1v) is 9.79. The molecule has 0 radical (unpaired) electrons. The molecule has 2 aromatic heterocycles. The molecule has 2 heterocycles. The van der Waals surface area contributed by atoms with Crippen LogP contribution < -0.4 is 15.2 Å². The average molecular weight is 396 g/mol. The molecule has 0 saturated heterocycles. The van der Waals surface area contributed by atoms with Crippen molar-refractivity contribution in [1.29, 1.82) is 0 Å². The number of fused-ring (bicyclic) bond motifs is 1. The summed E-state index contributed by atoms with van der Waals surface area (Å²) in [7, 11) is -3.72. The second kappa shape index (κ2) is 7.39. The molecule has 0 amide bonds. The molecule has 3 aromatic rings. The molecule has 10 heteroatoms. The topological polar surface area (TPSA) is 110 Å². The van der Waals surface area contributed by atoms with Crippen molar-refractivity contribution >= 4 is 32.6 Å². The monoisotopic (exact) mass is 396 g/mol. The number of nitrogen functional groups attached to an aromatic ring is 1. The SMILES string of the molecule is CCCS(=O)(=O)Nc1ccc(F)c(COc2cc3cc[nH]c3nc2N)c1F. The van der Waals surface area contributed by atoms with Crippen molar-refractivity contribution in [2.45, 2.75) is 20.0 Å². The first kappa shape index (κ1) is 18.9. The molecular weight excluding hydrogens is 378 g/mol. The van der Waals surface area contributed by atoms with E-state index >= 15 is 0 Å². The highest BCUT2D eigenvalue weighted by Gasteiger charge is 2.19. The number of aromatic nitrogens is 2. The molecular formula is C17H18F2N4O3S. The maximum absolute atomic E-state index is 14.6. The molecule has 27 heavy (non-hydrogen) atoms. The summed E-state index contributed by atoms with van der Waals surface area (Å²) in [5.74, 6) is -1.85. The number of anilines is 2. The Morgan fingerprint density at radius 2 is 2.07 bits per heavy atom. The van der Waals surface area contributed by atoms with Crippen LogP contribution in [0, 0.1) is 11.6 Å². The van der Waals surface area contributed by atoms with E-state index in [0.29, 0.717) is 12.1 Å². The number of ether oxygens (including phenoxy) is 1. The number of hydrogen-bond acceptors (Lipinski definition) is 5. The van der Waals surface area contributed by atoms with Crippen LogP contribution in [-0.4, -0.2) is 24.1 Å². The van der Waals surface area contributed by atoms with Gasteiger partial charge in [0.1, 0.15) is 18.1 Å². The normalized spacial score (nSPS) is 11.7. The molecule has 0 saturated carbocycles. The zero-order chi connectivity index (χ0) is 19.6. The Bertz CT molecular complexity index is 1080. The van der Waals surface area contributed by atoms with E-state index in [9.17, 15) is 17.2 Å². The minimum Gasteiger partial charge on any atom is -0.485 e. The van der Waals surface area contributed by atoms with Crippen molar-refractivity contribution in [3.8, 4) is 5.75 Å². The number of halogens is 2. The van der Waals surface area contributed by atoms with Gasteiger partial charge in [-0.25, -0.2) is 22.2 Å². The van der Waals surface area contributed by atoms with Crippen molar-refractivity contribution in [1.82, 2.24) is 9.97 Å². The highest BCUT2D eigenvalue weighted by atomic mass is 32.2. The fraction of sp³-hybridized carbons (Fsp3) is 0.235. The van der Waals surface area contributed by atoms with Gasteiger partial charge < -0.3 is 15.5 Å². The van der Waals surface area contributed by atoms with Crippen LogP contribution in [0.2, 0.25) is 0 Å². The third kappa shape index (κ3) is 4.11. The van der Waals surface area contributed by atoms with E-state index in [1.807, 2.05) is 0 Å². The number of nitrogens with two attached hydrogens (primary N) is 1. The molecule has 4 N–H and O–H groups in total. The Labute approximate surface area is 154 Å². The molecule has 0 spiro atoms. The van der Waals surface area contributed by atoms with E-state index in [-0.39, 0.29) is 23.0 Å². The number of aromatic amines is 1. The van der Waals surface area contributed by atoms with Crippen molar-refractivity contribution < 1.29 is 21.9 Å². The second-order valence-corrected chi connectivity index (χ2v) is 7.73. The van der Waals surface area contributed by atoms with Crippen LogP contribution in [0.4, 0.5) is 20.3 Å². The van der Waals surface area contributed by atoms with Gasteiger partial charge in [-0.2, -0.15) is 0 Å². The summed E-state index contributed by atoms with van der Waals surface area (Å²) in [5, 5.41) is 0.723. The lowest BCUT2D eigenvalue weighted by Crippen LogP contribution is -2.18. The zero-order valence-electron chi connectivity index (χ0n) is 14.4. The minimum absolute atomic E-state index is 0.0607. The van der Waals surface area contributed by atoms with Crippen molar-refractivity contribution in [2.75, 3.05) is 16.2 Å². The summed E-state index contributed by atoms with van der Waals surface area (Å²) in [6.07, 6.45) is 2.04. The van der Waals surface area contributed by atoms with Crippen LogP contribution in [0.15, 0.2) is 30.5 Å². The third-order valence-electron chi connectivity index (χ3n) is 3.82. The van der Waals surface area contributed by atoms with Gasteiger partial charge >= 0.3 is 0 Å². The summed E-state index contributed by atoms with van der Waals surface area (Å²) >= 11 is 0. The van der Waals surface area contributed by atoms with Gasteiger partial charge in [-0.3, -0.25) is 4.72 Å². The number of rotatable bonds is 7. The van der Waals surface area contributed by atoms with E-state index in [4.69, 9.17) is 10.5 Å². The first-order valence-electron chi connectivity index (χ1n) is 8.14. The van der Waals surface area contributed by atoms with Crippen molar-refractivity contribution in [2.24, 2.45) is 0 Å². The summed E-state index contributed by atoms with van der Waals surface area (Å²) < 4.78 is 59.9. The van der Waals surface area contributed by atoms with Gasteiger partial charge in [-0.05, 0) is 30.7 Å². The van der Waals surface area contributed by atoms with Gasteiger partial charge in [-0.1, -0.05) is 6.92 Å². The van der Waals surface area contributed by atoms with E-state index in [1.54, 1.807) is 25.3 Å². The maximum atomic E-state index is 14.6. The maximum Gasteiger partial charge on any atom is 0.232 e. The van der Waals surface area contributed by atoms with Crippen LogP contribution in [0.25, 0.3) is 11.0 Å². The molecule has 0 atom stereocenters. The van der Waals surface area contributed by atoms with Crippen LogP contribution >= 0.6 is 0 Å². The minimum atomic E-state index is -3.72. The first-order chi connectivity index (χ1) is 12.8. The van der Waals surface area contributed by atoms with Crippen molar-refractivity contribution in [3.63, 3.8) is 0 Å². The number of pyridine rings is 1. The number of hydrogen-bond donors (Lipinski definition) is 3. The van der Waals surface area contributed by atoms with Gasteiger partial charge in [0.05, 0.1) is 17.0 Å². The Morgan fingerprint density at radius 3 is 2.81 bits per heavy atom. The predicted molar refractivity (Wildman–Crippen MR) is 98.9 cm³/mol. The van der Waals surface area contributed by atoms with E-state index in [0.717, 1.165) is 17.5 Å². The van der Waals surface area contributed by atoms with Crippen LogP contribution in [0.5, 0.6) is 5.75 Å².